The number of imidazole rings is 1. The molecule has 1 fully saturated rings. The second-order valence-corrected chi connectivity index (χ2v) is 11.5. The van der Waals surface area contributed by atoms with Crippen LogP contribution >= 0.6 is 0 Å². The lowest BCUT2D eigenvalue weighted by Crippen LogP contribution is -2.51. The topological polar surface area (TPSA) is 131 Å². The average molecular weight is 493 g/mol. The zero-order chi connectivity index (χ0) is 26.1. The summed E-state index contributed by atoms with van der Waals surface area (Å²) in [7, 11) is 0. The monoisotopic (exact) mass is 492 g/mol. The van der Waals surface area contributed by atoms with Gasteiger partial charge in [0.25, 0.3) is 5.91 Å². The second-order valence-electron chi connectivity index (χ2n) is 11.5. The Bertz CT molecular complexity index is 1190. The quantitative estimate of drug-likeness (QED) is 0.469. The van der Waals surface area contributed by atoms with E-state index < -0.39 is 17.1 Å². The largest absolute Gasteiger partial charge is 0.393 e. The van der Waals surface area contributed by atoms with Gasteiger partial charge in [-0.1, -0.05) is 26.0 Å². The molecular formula is C28H36N4O4. The summed E-state index contributed by atoms with van der Waals surface area (Å²) in [6.07, 6.45) is 7.74. The van der Waals surface area contributed by atoms with Crippen LogP contribution in [0.2, 0.25) is 0 Å². The molecule has 1 aliphatic heterocycles. The number of H-pyrrole nitrogens is 1. The Kier molecular flexibility index (Phi) is 7.11. The Morgan fingerprint density at radius 3 is 2.47 bits per heavy atom. The van der Waals surface area contributed by atoms with Gasteiger partial charge in [-0.15, -0.1) is 0 Å². The first-order valence-electron chi connectivity index (χ1n) is 12.5. The van der Waals surface area contributed by atoms with Gasteiger partial charge in [0.15, 0.2) is 5.82 Å². The molecule has 36 heavy (non-hydrogen) atoms. The van der Waals surface area contributed by atoms with Crippen LogP contribution in [0.4, 0.5) is 5.69 Å². The number of carbonyl (C=O) groups excluding carboxylic acids is 1. The highest BCUT2D eigenvalue weighted by Crippen LogP contribution is 2.46. The summed E-state index contributed by atoms with van der Waals surface area (Å²) in [5, 5.41) is 32.1. The highest BCUT2D eigenvalue weighted by atomic mass is 16.5. The number of rotatable bonds is 6. The fourth-order valence-electron chi connectivity index (χ4n) is 5.41. The van der Waals surface area contributed by atoms with E-state index in [4.69, 9.17) is 10.00 Å². The van der Waals surface area contributed by atoms with Crippen LogP contribution in [0.3, 0.4) is 0 Å². The van der Waals surface area contributed by atoms with Gasteiger partial charge >= 0.3 is 0 Å². The van der Waals surface area contributed by atoms with Gasteiger partial charge in [-0.3, -0.25) is 4.79 Å². The molecule has 1 aromatic carbocycles. The van der Waals surface area contributed by atoms with Gasteiger partial charge in [-0.25, -0.2) is 4.98 Å². The van der Waals surface area contributed by atoms with Gasteiger partial charge in [-0.2, -0.15) is 5.26 Å². The van der Waals surface area contributed by atoms with Crippen molar-refractivity contribution >= 4 is 17.2 Å². The number of anilines is 1. The number of nitriles is 1. The number of carbonyl (C=O) groups is 1. The van der Waals surface area contributed by atoms with Crippen LogP contribution < -0.4 is 5.32 Å². The number of aliphatic hydroxyl groups is 2. The molecule has 1 aliphatic carbocycles. The zero-order valence-electron chi connectivity index (χ0n) is 21.5. The zero-order valence-corrected chi connectivity index (χ0v) is 21.5. The molecule has 2 aliphatic rings. The minimum absolute atomic E-state index is 0.0699. The lowest BCUT2D eigenvalue weighted by molar-refractivity contribution is -0.208. The minimum atomic E-state index is -0.751. The third-order valence-electron chi connectivity index (χ3n) is 7.51. The smallest absolute Gasteiger partial charge is 0.291 e. The molecule has 4 rings (SSSR count). The summed E-state index contributed by atoms with van der Waals surface area (Å²) < 4.78 is 6.12. The van der Waals surface area contributed by atoms with Crippen molar-refractivity contribution in [3.63, 3.8) is 0 Å². The fraction of sp³-hybridized carbons (Fsp3) is 0.536. The van der Waals surface area contributed by atoms with Crippen LogP contribution in [0.5, 0.6) is 0 Å². The number of hydrogen-bond acceptors (Lipinski definition) is 6. The number of ether oxygens (including phenoxy) is 1. The van der Waals surface area contributed by atoms with E-state index in [1.54, 1.807) is 0 Å². The summed E-state index contributed by atoms with van der Waals surface area (Å²) in [4.78, 5) is 19.7. The van der Waals surface area contributed by atoms with Crippen molar-refractivity contribution in [1.82, 2.24) is 9.97 Å². The summed E-state index contributed by atoms with van der Waals surface area (Å²) in [5.74, 6) is -0.253. The SMILES string of the molecule is CC1(C)CC=C(c2cc(C3CC(C)(CO)OC(C)(CO)C3)ccc2NC(=O)c2ncc(C#N)[nH]2)CC1. The first kappa shape index (κ1) is 26.1. The molecule has 0 radical (unpaired) electrons. The minimum Gasteiger partial charge on any atom is -0.393 e. The Labute approximate surface area is 212 Å². The van der Waals surface area contributed by atoms with Gasteiger partial charge < -0.3 is 25.3 Å². The Hall–Kier alpha value is -2.99. The predicted molar refractivity (Wildman–Crippen MR) is 137 cm³/mol. The molecule has 2 heterocycles. The van der Waals surface area contributed by atoms with Crippen LogP contribution in [0.15, 0.2) is 30.5 Å². The number of hydrogen-bond donors (Lipinski definition) is 4. The van der Waals surface area contributed by atoms with Gasteiger partial charge in [0, 0.05) is 11.3 Å². The average Bonchev–Trinajstić information content (AvgIpc) is 3.34. The van der Waals surface area contributed by atoms with Crippen molar-refractivity contribution in [1.29, 1.82) is 5.26 Å². The summed E-state index contributed by atoms with van der Waals surface area (Å²) in [5.41, 5.74) is 2.88. The Morgan fingerprint density at radius 2 is 1.92 bits per heavy atom. The third-order valence-corrected chi connectivity index (χ3v) is 7.51. The van der Waals surface area contributed by atoms with E-state index in [-0.39, 0.29) is 36.1 Å². The molecule has 2 aromatic rings. The molecule has 192 valence electrons. The number of nitrogens with one attached hydrogen (secondary N) is 2. The summed E-state index contributed by atoms with van der Waals surface area (Å²) in [6, 6.07) is 8.00. The maximum atomic E-state index is 12.9. The van der Waals surface area contributed by atoms with Crippen LogP contribution in [-0.2, 0) is 4.74 Å². The second kappa shape index (κ2) is 9.81. The molecule has 1 saturated heterocycles. The number of aromatic amines is 1. The van der Waals surface area contributed by atoms with Gasteiger partial charge in [0.2, 0.25) is 0 Å². The molecule has 8 nitrogen and oxygen atoms in total. The maximum Gasteiger partial charge on any atom is 0.291 e. The van der Waals surface area contributed by atoms with Crippen molar-refractivity contribution in [2.45, 2.75) is 76.9 Å². The molecule has 0 bridgehead atoms. The standard InChI is InChI=1S/C28H36N4O4/c1-26(2)9-7-18(8-10-26)22-11-19(20-12-27(3,16-33)36-28(4,13-20)17-34)5-6-23(22)32-25(35)24-30-15-21(14-29)31-24/h5-7,11,15,20,33-34H,8-10,12-13,16-17H2,1-4H3,(H,30,31)(H,32,35). The van der Waals surface area contributed by atoms with E-state index >= 15 is 0 Å². The number of benzene rings is 1. The third kappa shape index (κ3) is 5.54. The number of nitrogens with zero attached hydrogens (tertiary/aromatic N) is 2. The molecule has 1 aromatic heterocycles. The highest BCUT2D eigenvalue weighted by molar-refractivity contribution is 6.03. The number of aliphatic hydroxyl groups excluding tert-OH is 2. The fourth-order valence-corrected chi connectivity index (χ4v) is 5.41. The molecule has 4 N–H and O–H groups in total. The number of amides is 1. The number of aromatic nitrogens is 2. The first-order chi connectivity index (χ1) is 17.0. The van der Waals surface area contributed by atoms with Crippen molar-refractivity contribution in [2.24, 2.45) is 5.41 Å². The first-order valence-corrected chi connectivity index (χ1v) is 12.5. The van der Waals surface area contributed by atoms with Crippen molar-refractivity contribution < 1.29 is 19.7 Å². The van der Waals surface area contributed by atoms with E-state index in [0.29, 0.717) is 18.5 Å². The van der Waals surface area contributed by atoms with Gasteiger partial charge in [-0.05, 0) is 80.6 Å². The summed E-state index contributed by atoms with van der Waals surface area (Å²) >= 11 is 0. The predicted octanol–water partition coefficient (Wildman–Crippen LogP) is 4.52. The molecule has 8 heteroatoms. The van der Waals surface area contributed by atoms with E-state index in [1.165, 1.54) is 11.8 Å². The van der Waals surface area contributed by atoms with E-state index in [2.05, 4.69) is 41.3 Å². The van der Waals surface area contributed by atoms with E-state index in [9.17, 15) is 15.0 Å². The summed E-state index contributed by atoms with van der Waals surface area (Å²) in [6.45, 7) is 8.02. The van der Waals surface area contributed by atoms with E-state index in [0.717, 1.165) is 30.4 Å². The molecule has 0 saturated carbocycles. The highest BCUT2D eigenvalue weighted by Gasteiger charge is 2.44. The molecule has 1 amide bonds. The molecule has 2 atom stereocenters. The lowest BCUT2D eigenvalue weighted by atomic mass is 9.74. The molecule has 2 unspecified atom stereocenters. The van der Waals surface area contributed by atoms with Crippen LogP contribution in [0.1, 0.15) is 93.2 Å². The normalized spacial score (nSPS) is 27.7. The van der Waals surface area contributed by atoms with Crippen molar-refractivity contribution in [3.05, 3.63) is 53.1 Å². The lowest BCUT2D eigenvalue weighted by Gasteiger charge is -2.47. The van der Waals surface area contributed by atoms with Crippen LogP contribution in [0.25, 0.3) is 5.57 Å². The van der Waals surface area contributed by atoms with Crippen LogP contribution in [0, 0.1) is 16.7 Å². The maximum absolute atomic E-state index is 12.9. The molecule has 0 spiro atoms. The van der Waals surface area contributed by atoms with Crippen molar-refractivity contribution in [3.8, 4) is 6.07 Å². The Balaban J connectivity index is 1.71. The number of allylic oxidation sites excluding steroid dienone is 2. The van der Waals surface area contributed by atoms with Gasteiger partial charge in [0.05, 0.1) is 30.6 Å². The van der Waals surface area contributed by atoms with Gasteiger partial charge in [0.1, 0.15) is 11.8 Å². The van der Waals surface area contributed by atoms with E-state index in [1.807, 2.05) is 32.0 Å². The van der Waals surface area contributed by atoms with Crippen molar-refractivity contribution in [2.75, 3.05) is 18.5 Å². The Morgan fingerprint density at radius 1 is 1.22 bits per heavy atom. The molecular weight excluding hydrogens is 456 g/mol. The van der Waals surface area contributed by atoms with Crippen LogP contribution in [-0.4, -0.2) is 50.5 Å².